The van der Waals surface area contributed by atoms with E-state index in [4.69, 9.17) is 23.2 Å². The number of nitrogens with zero attached hydrogens (tertiary/aromatic N) is 1. The zero-order valence-corrected chi connectivity index (χ0v) is 15.0. The van der Waals surface area contributed by atoms with Gasteiger partial charge in [0, 0.05) is 5.02 Å². The number of aryl methyl sites for hydroxylation is 3. The Labute approximate surface area is 150 Å². The minimum Gasteiger partial charge on any atom is -0.268 e. The van der Waals surface area contributed by atoms with Crippen molar-refractivity contribution in [2.75, 3.05) is 4.90 Å². The molecule has 2 aromatic carbocycles. The highest BCUT2D eigenvalue weighted by atomic mass is 35.5. The van der Waals surface area contributed by atoms with Gasteiger partial charge >= 0.3 is 0 Å². The van der Waals surface area contributed by atoms with Crippen molar-refractivity contribution in [1.82, 2.24) is 0 Å². The average molecular weight is 360 g/mol. The third-order valence-corrected chi connectivity index (χ3v) is 4.68. The summed E-state index contributed by atoms with van der Waals surface area (Å²) in [5, 5.41) is 0.388. The summed E-state index contributed by atoms with van der Waals surface area (Å²) in [6.07, 6.45) is 0. The van der Waals surface area contributed by atoms with Crippen molar-refractivity contribution in [3.8, 4) is 0 Å². The largest absolute Gasteiger partial charge is 0.277 e. The van der Waals surface area contributed by atoms with Crippen LogP contribution in [0.2, 0.25) is 5.02 Å². The Hall–Kier alpha value is -2.10. The molecule has 2 aromatic rings. The van der Waals surface area contributed by atoms with Crippen molar-refractivity contribution < 1.29 is 9.59 Å². The minimum absolute atomic E-state index is 0.0636. The second-order valence-corrected chi connectivity index (χ2v) is 6.70. The second-order valence-electron chi connectivity index (χ2n) is 5.88. The molecule has 5 heteroatoms. The quantitative estimate of drug-likeness (QED) is 0.723. The second kappa shape index (κ2) is 6.08. The Bertz CT molecular complexity index is 916. The lowest BCUT2D eigenvalue weighted by atomic mass is 9.98. The number of carbonyl (C=O) groups excluding carboxylic acids is 2. The predicted molar refractivity (Wildman–Crippen MR) is 97.4 cm³/mol. The lowest BCUT2D eigenvalue weighted by Crippen LogP contribution is -2.31. The van der Waals surface area contributed by atoms with E-state index in [2.05, 4.69) is 0 Å². The van der Waals surface area contributed by atoms with E-state index in [1.807, 2.05) is 39.0 Å². The van der Waals surface area contributed by atoms with E-state index in [9.17, 15) is 9.59 Å². The lowest BCUT2D eigenvalue weighted by Gasteiger charge is -2.18. The normalized spacial score (nSPS) is 14.8. The van der Waals surface area contributed by atoms with Gasteiger partial charge in [0.2, 0.25) is 0 Å². The molecule has 0 N–H and O–H groups in total. The van der Waals surface area contributed by atoms with E-state index in [0.717, 1.165) is 21.6 Å². The van der Waals surface area contributed by atoms with Crippen LogP contribution in [-0.4, -0.2) is 11.8 Å². The molecular weight excluding hydrogens is 345 g/mol. The topological polar surface area (TPSA) is 37.4 Å². The van der Waals surface area contributed by atoms with E-state index < -0.39 is 11.8 Å². The molecule has 1 aliphatic heterocycles. The Morgan fingerprint density at radius 3 is 2.21 bits per heavy atom. The Morgan fingerprint density at radius 2 is 1.54 bits per heavy atom. The summed E-state index contributed by atoms with van der Waals surface area (Å²) in [6.45, 7) is 5.68. The predicted octanol–water partition coefficient (Wildman–Crippen LogP) is 4.79. The van der Waals surface area contributed by atoms with Gasteiger partial charge in [0.15, 0.2) is 0 Å². The smallest absolute Gasteiger partial charge is 0.268 e. The van der Waals surface area contributed by atoms with Crippen LogP contribution in [0.5, 0.6) is 0 Å². The zero-order valence-electron chi connectivity index (χ0n) is 13.5. The molecule has 2 amide bonds. The molecule has 0 aromatic heterocycles. The van der Waals surface area contributed by atoms with E-state index >= 15 is 0 Å². The Balaban J connectivity index is 2.13. The summed E-state index contributed by atoms with van der Waals surface area (Å²) in [6, 6.07) is 10.7. The standard InChI is InChI=1S/C19H15Cl2NO2/c1-10-4-7-14(12(3)8-10)16-17(21)19(24)22(18(16)23)15-9-13(20)6-5-11(15)2/h4-9H,1-3H3. The summed E-state index contributed by atoms with van der Waals surface area (Å²) in [7, 11) is 0. The molecule has 0 aliphatic carbocycles. The van der Waals surface area contributed by atoms with Gasteiger partial charge in [0.05, 0.1) is 11.3 Å². The van der Waals surface area contributed by atoms with Gasteiger partial charge in [-0.15, -0.1) is 0 Å². The molecule has 0 spiro atoms. The maximum atomic E-state index is 12.9. The highest BCUT2D eigenvalue weighted by Gasteiger charge is 2.40. The fourth-order valence-electron chi connectivity index (χ4n) is 2.87. The highest BCUT2D eigenvalue weighted by molar-refractivity contribution is 6.60. The Kier molecular flexibility index (Phi) is 4.24. The zero-order chi connectivity index (χ0) is 17.6. The minimum atomic E-state index is -0.526. The fraction of sp³-hybridized carbons (Fsp3) is 0.158. The summed E-state index contributed by atoms with van der Waals surface area (Å²) >= 11 is 12.3. The van der Waals surface area contributed by atoms with Crippen LogP contribution in [0.4, 0.5) is 5.69 Å². The molecule has 122 valence electrons. The van der Waals surface area contributed by atoms with Gasteiger partial charge in [-0.2, -0.15) is 0 Å². The van der Waals surface area contributed by atoms with Crippen LogP contribution >= 0.6 is 23.2 Å². The summed E-state index contributed by atoms with van der Waals surface area (Å²) in [5.74, 6) is -0.954. The van der Waals surface area contributed by atoms with Crippen molar-refractivity contribution in [3.63, 3.8) is 0 Å². The number of hydrogen-bond acceptors (Lipinski definition) is 2. The number of hydrogen-bond donors (Lipinski definition) is 0. The number of benzene rings is 2. The molecule has 0 saturated carbocycles. The number of amides is 2. The molecule has 1 heterocycles. The van der Waals surface area contributed by atoms with Crippen LogP contribution in [0.3, 0.4) is 0 Å². The molecule has 0 atom stereocenters. The summed E-state index contributed by atoms with van der Waals surface area (Å²) < 4.78 is 0. The fourth-order valence-corrected chi connectivity index (χ4v) is 3.31. The number of rotatable bonds is 2. The SMILES string of the molecule is Cc1ccc(C2=C(Cl)C(=O)N(c3cc(Cl)ccc3C)C2=O)c(C)c1. The molecule has 3 nitrogen and oxygen atoms in total. The molecule has 0 fully saturated rings. The first-order valence-corrected chi connectivity index (χ1v) is 8.19. The maximum absolute atomic E-state index is 12.9. The first-order chi connectivity index (χ1) is 11.3. The first-order valence-electron chi connectivity index (χ1n) is 7.43. The van der Waals surface area contributed by atoms with Crippen molar-refractivity contribution >= 4 is 46.3 Å². The van der Waals surface area contributed by atoms with Crippen LogP contribution in [0, 0.1) is 20.8 Å². The van der Waals surface area contributed by atoms with Crippen LogP contribution in [0.15, 0.2) is 41.4 Å². The van der Waals surface area contributed by atoms with Gasteiger partial charge in [-0.25, -0.2) is 4.90 Å². The first kappa shape index (κ1) is 16.7. The van der Waals surface area contributed by atoms with Crippen molar-refractivity contribution in [3.05, 3.63) is 68.7 Å². The molecule has 3 rings (SSSR count). The van der Waals surface area contributed by atoms with Crippen molar-refractivity contribution in [1.29, 1.82) is 0 Å². The number of halogens is 2. The van der Waals surface area contributed by atoms with Gasteiger partial charge in [-0.05, 0) is 49.6 Å². The molecule has 0 unspecified atom stereocenters. The van der Waals surface area contributed by atoms with E-state index in [-0.39, 0.29) is 10.6 Å². The monoisotopic (exact) mass is 359 g/mol. The van der Waals surface area contributed by atoms with E-state index in [1.54, 1.807) is 18.2 Å². The van der Waals surface area contributed by atoms with Crippen molar-refractivity contribution in [2.24, 2.45) is 0 Å². The van der Waals surface area contributed by atoms with Gasteiger partial charge < -0.3 is 0 Å². The van der Waals surface area contributed by atoms with Crippen LogP contribution in [-0.2, 0) is 9.59 Å². The molecule has 0 saturated heterocycles. The summed E-state index contributed by atoms with van der Waals surface area (Å²) in [5.41, 5.74) is 4.11. The maximum Gasteiger partial charge on any atom is 0.277 e. The van der Waals surface area contributed by atoms with Crippen molar-refractivity contribution in [2.45, 2.75) is 20.8 Å². The van der Waals surface area contributed by atoms with Gasteiger partial charge in [-0.1, -0.05) is 53.0 Å². The number of imide groups is 1. The van der Waals surface area contributed by atoms with E-state index in [1.165, 1.54) is 0 Å². The molecule has 0 bridgehead atoms. The van der Waals surface area contributed by atoms with Gasteiger partial charge in [0.25, 0.3) is 11.8 Å². The molecule has 1 aliphatic rings. The summed E-state index contributed by atoms with van der Waals surface area (Å²) in [4.78, 5) is 26.7. The third kappa shape index (κ3) is 2.64. The molecule has 0 radical (unpaired) electrons. The molecule has 24 heavy (non-hydrogen) atoms. The van der Waals surface area contributed by atoms with Crippen LogP contribution < -0.4 is 4.90 Å². The average Bonchev–Trinajstić information content (AvgIpc) is 2.73. The number of carbonyl (C=O) groups is 2. The van der Waals surface area contributed by atoms with Crippen LogP contribution in [0.25, 0.3) is 5.57 Å². The Morgan fingerprint density at radius 1 is 0.833 bits per heavy atom. The van der Waals surface area contributed by atoms with Crippen LogP contribution in [0.1, 0.15) is 22.3 Å². The lowest BCUT2D eigenvalue weighted by molar-refractivity contribution is -0.119. The highest BCUT2D eigenvalue weighted by Crippen LogP contribution is 2.38. The molecular formula is C19H15Cl2NO2. The van der Waals surface area contributed by atoms with E-state index in [0.29, 0.717) is 16.3 Å². The number of anilines is 1. The van der Waals surface area contributed by atoms with Gasteiger partial charge in [-0.3, -0.25) is 9.59 Å². The van der Waals surface area contributed by atoms with Gasteiger partial charge in [0.1, 0.15) is 5.03 Å². The third-order valence-electron chi connectivity index (χ3n) is 4.09.